The lowest BCUT2D eigenvalue weighted by Crippen LogP contribution is -2.43. The molecule has 1 aliphatic heterocycles. The zero-order chi connectivity index (χ0) is 14.6. The van der Waals surface area contributed by atoms with Gasteiger partial charge in [-0.25, -0.2) is 0 Å². The second-order valence-corrected chi connectivity index (χ2v) is 7.05. The lowest BCUT2D eigenvalue weighted by molar-refractivity contribution is 0.178. The van der Waals surface area contributed by atoms with Crippen molar-refractivity contribution in [2.24, 2.45) is 0 Å². The lowest BCUT2D eigenvalue weighted by Gasteiger charge is -2.44. The van der Waals surface area contributed by atoms with Crippen molar-refractivity contribution in [1.29, 1.82) is 0 Å². The SMILES string of the molecule is Br.CN1Cc2ccccc2[C@@H]2c3cc(O)c(Br)cc3CC[C@H]21. The first-order chi connectivity index (χ1) is 10.1. The predicted molar refractivity (Wildman–Crippen MR) is 98.0 cm³/mol. The van der Waals surface area contributed by atoms with E-state index in [1.54, 1.807) is 0 Å². The molecule has 0 saturated carbocycles. The van der Waals surface area contributed by atoms with Crippen LogP contribution in [0.5, 0.6) is 5.75 Å². The third kappa shape index (κ3) is 2.41. The average Bonchev–Trinajstić information content (AvgIpc) is 2.48. The Kier molecular flexibility index (Phi) is 4.36. The third-order valence-corrected chi connectivity index (χ3v) is 5.65. The summed E-state index contributed by atoms with van der Waals surface area (Å²) < 4.78 is 0.803. The molecule has 2 atom stereocenters. The number of fused-ring (bicyclic) bond motifs is 5. The van der Waals surface area contributed by atoms with E-state index in [9.17, 15) is 5.11 Å². The van der Waals surface area contributed by atoms with Gasteiger partial charge in [-0.2, -0.15) is 0 Å². The van der Waals surface area contributed by atoms with E-state index in [1.807, 2.05) is 6.07 Å². The molecule has 0 saturated heterocycles. The molecular weight excluding hydrogens is 406 g/mol. The van der Waals surface area contributed by atoms with Gasteiger partial charge in [-0.1, -0.05) is 24.3 Å². The van der Waals surface area contributed by atoms with Crippen molar-refractivity contribution in [3.8, 4) is 5.75 Å². The van der Waals surface area contributed by atoms with Crippen LogP contribution in [0.1, 0.15) is 34.6 Å². The number of aryl methyl sites for hydroxylation is 1. The minimum Gasteiger partial charge on any atom is -0.507 e. The van der Waals surface area contributed by atoms with Gasteiger partial charge in [0, 0.05) is 18.5 Å². The highest BCUT2D eigenvalue weighted by Crippen LogP contribution is 2.45. The molecular formula is C18H19Br2NO. The first kappa shape index (κ1) is 16.0. The molecule has 0 fully saturated rings. The number of hydrogen-bond donors (Lipinski definition) is 1. The molecule has 22 heavy (non-hydrogen) atoms. The van der Waals surface area contributed by atoms with Crippen molar-refractivity contribution < 1.29 is 5.11 Å². The number of nitrogens with zero attached hydrogens (tertiary/aromatic N) is 1. The second-order valence-electron chi connectivity index (χ2n) is 6.20. The maximum absolute atomic E-state index is 10.1. The van der Waals surface area contributed by atoms with Gasteiger partial charge in [0.1, 0.15) is 5.75 Å². The van der Waals surface area contributed by atoms with E-state index >= 15 is 0 Å². The first-order valence-corrected chi connectivity index (χ1v) is 8.24. The fourth-order valence-corrected chi connectivity index (χ4v) is 4.41. The topological polar surface area (TPSA) is 23.5 Å². The maximum Gasteiger partial charge on any atom is 0.130 e. The van der Waals surface area contributed by atoms with Gasteiger partial charge in [0.2, 0.25) is 0 Å². The minimum atomic E-state index is 0. The molecule has 2 nitrogen and oxygen atoms in total. The molecule has 1 aliphatic carbocycles. The molecule has 0 amide bonds. The second kappa shape index (κ2) is 5.99. The summed E-state index contributed by atoms with van der Waals surface area (Å²) in [6.07, 6.45) is 2.27. The van der Waals surface area contributed by atoms with E-state index < -0.39 is 0 Å². The Balaban J connectivity index is 0.00000144. The molecule has 0 radical (unpaired) electrons. The molecule has 2 aromatic carbocycles. The highest BCUT2D eigenvalue weighted by molar-refractivity contribution is 9.10. The quantitative estimate of drug-likeness (QED) is 0.666. The number of rotatable bonds is 0. The van der Waals surface area contributed by atoms with Crippen molar-refractivity contribution >= 4 is 32.9 Å². The van der Waals surface area contributed by atoms with Gasteiger partial charge >= 0.3 is 0 Å². The zero-order valence-corrected chi connectivity index (χ0v) is 15.7. The largest absolute Gasteiger partial charge is 0.507 e. The fraction of sp³-hybridized carbons (Fsp3) is 0.333. The van der Waals surface area contributed by atoms with Gasteiger partial charge in [0.05, 0.1) is 4.47 Å². The summed E-state index contributed by atoms with van der Waals surface area (Å²) in [4.78, 5) is 2.47. The Labute approximate surface area is 150 Å². The fourth-order valence-electron chi connectivity index (χ4n) is 4.02. The van der Waals surface area contributed by atoms with Gasteiger partial charge in [0.15, 0.2) is 0 Å². The summed E-state index contributed by atoms with van der Waals surface area (Å²) >= 11 is 3.45. The van der Waals surface area contributed by atoms with E-state index in [0.717, 1.165) is 17.4 Å². The van der Waals surface area contributed by atoms with Crippen molar-refractivity contribution in [1.82, 2.24) is 4.90 Å². The number of phenolic OH excluding ortho intramolecular Hbond substituents is 1. The number of hydrogen-bond acceptors (Lipinski definition) is 2. The molecule has 2 aliphatic rings. The Bertz CT molecular complexity index is 716. The highest BCUT2D eigenvalue weighted by Gasteiger charge is 2.38. The minimum absolute atomic E-state index is 0. The van der Waals surface area contributed by atoms with Crippen LogP contribution in [0, 0.1) is 0 Å². The van der Waals surface area contributed by atoms with Gasteiger partial charge in [-0.15, -0.1) is 17.0 Å². The van der Waals surface area contributed by atoms with Gasteiger partial charge in [-0.05, 0) is 70.2 Å². The Morgan fingerprint density at radius 2 is 1.91 bits per heavy atom. The van der Waals surface area contributed by atoms with E-state index in [-0.39, 0.29) is 17.0 Å². The summed E-state index contributed by atoms with van der Waals surface area (Å²) in [5.41, 5.74) is 5.51. The van der Waals surface area contributed by atoms with Gasteiger partial charge in [0.25, 0.3) is 0 Å². The van der Waals surface area contributed by atoms with Crippen LogP contribution in [0.3, 0.4) is 0 Å². The van der Waals surface area contributed by atoms with E-state index in [4.69, 9.17) is 0 Å². The predicted octanol–water partition coefficient (Wildman–Crippen LogP) is 4.62. The summed E-state index contributed by atoms with van der Waals surface area (Å²) in [5, 5.41) is 10.1. The van der Waals surface area contributed by atoms with Gasteiger partial charge in [-0.3, -0.25) is 4.90 Å². The van der Waals surface area contributed by atoms with E-state index in [0.29, 0.717) is 17.7 Å². The van der Waals surface area contributed by atoms with Crippen molar-refractivity contribution in [3.05, 3.63) is 63.1 Å². The van der Waals surface area contributed by atoms with Crippen LogP contribution in [-0.4, -0.2) is 23.1 Å². The van der Waals surface area contributed by atoms with Crippen LogP contribution in [0.4, 0.5) is 0 Å². The first-order valence-electron chi connectivity index (χ1n) is 7.44. The summed E-state index contributed by atoms with van der Waals surface area (Å²) in [6, 6.07) is 13.3. The molecule has 4 rings (SSSR count). The van der Waals surface area contributed by atoms with Crippen molar-refractivity contribution in [2.75, 3.05) is 7.05 Å². The molecule has 4 heteroatoms. The molecule has 0 aromatic heterocycles. The normalized spacial score (nSPS) is 23.0. The third-order valence-electron chi connectivity index (χ3n) is 5.01. The lowest BCUT2D eigenvalue weighted by atomic mass is 9.72. The van der Waals surface area contributed by atoms with Crippen LogP contribution < -0.4 is 0 Å². The van der Waals surface area contributed by atoms with Crippen LogP contribution in [0.2, 0.25) is 0 Å². The van der Waals surface area contributed by atoms with Crippen LogP contribution >= 0.6 is 32.9 Å². The Morgan fingerprint density at radius 1 is 1.14 bits per heavy atom. The molecule has 0 spiro atoms. The number of phenols is 1. The zero-order valence-electron chi connectivity index (χ0n) is 12.4. The summed E-state index contributed by atoms with van der Waals surface area (Å²) in [6.45, 7) is 1.02. The van der Waals surface area contributed by atoms with Gasteiger partial charge < -0.3 is 5.11 Å². The van der Waals surface area contributed by atoms with E-state index in [1.165, 1.54) is 28.7 Å². The Morgan fingerprint density at radius 3 is 2.73 bits per heavy atom. The monoisotopic (exact) mass is 423 g/mol. The highest BCUT2D eigenvalue weighted by atomic mass is 79.9. The summed E-state index contributed by atoms with van der Waals surface area (Å²) in [7, 11) is 2.22. The van der Waals surface area contributed by atoms with Crippen molar-refractivity contribution in [2.45, 2.75) is 31.3 Å². The van der Waals surface area contributed by atoms with E-state index in [2.05, 4.69) is 58.2 Å². The van der Waals surface area contributed by atoms with Crippen molar-refractivity contribution in [3.63, 3.8) is 0 Å². The molecule has 2 aromatic rings. The van der Waals surface area contributed by atoms with Crippen LogP contribution in [0.25, 0.3) is 0 Å². The van der Waals surface area contributed by atoms with Crippen LogP contribution in [-0.2, 0) is 13.0 Å². The number of aromatic hydroxyl groups is 1. The average molecular weight is 425 g/mol. The summed E-state index contributed by atoms with van der Waals surface area (Å²) in [5.74, 6) is 0.725. The molecule has 0 unspecified atom stereocenters. The van der Waals surface area contributed by atoms with Crippen LogP contribution in [0.15, 0.2) is 40.9 Å². The molecule has 0 bridgehead atoms. The number of benzene rings is 2. The smallest absolute Gasteiger partial charge is 0.130 e. The molecule has 1 heterocycles. The maximum atomic E-state index is 10.1. The molecule has 116 valence electrons. The number of halogens is 2. The molecule has 1 N–H and O–H groups in total. The number of likely N-dealkylation sites (N-methyl/N-ethyl adjacent to an activating group) is 1. The Hall–Kier alpha value is -0.840. The standard InChI is InChI=1S/C18H18BrNO.BrH/c1-20-10-12-4-2-3-5-13(12)18-14-9-17(21)15(19)8-11(14)6-7-16(18)20;/h2-5,8-9,16,18,21H,6-7,10H2,1H3;1H/t16-,18-;/m1./s1.